The highest BCUT2D eigenvalue weighted by molar-refractivity contribution is 5.45. The van der Waals surface area contributed by atoms with Crippen LogP contribution in [0.1, 0.15) is 24.2 Å². The summed E-state index contributed by atoms with van der Waals surface area (Å²) >= 11 is 0. The summed E-state index contributed by atoms with van der Waals surface area (Å²) in [7, 11) is 2.10. The molecule has 1 aliphatic heterocycles. The maximum Gasteiger partial charge on any atom is 0.187 e. The quantitative estimate of drug-likeness (QED) is 0.872. The van der Waals surface area contributed by atoms with E-state index in [9.17, 15) is 4.39 Å². The third kappa shape index (κ3) is 2.81. The van der Waals surface area contributed by atoms with E-state index in [0.29, 0.717) is 17.9 Å². The smallest absolute Gasteiger partial charge is 0.187 e. The average molecular weight is 300 g/mol. The second-order valence-corrected chi connectivity index (χ2v) is 5.69. The van der Waals surface area contributed by atoms with Crippen molar-refractivity contribution in [2.45, 2.75) is 19.4 Å². The monoisotopic (exact) mass is 300 g/mol. The molecule has 1 aromatic carbocycles. The second kappa shape index (κ2) is 6.40. The Morgan fingerprint density at radius 2 is 1.95 bits per heavy atom. The number of aromatic nitrogens is 2. The van der Waals surface area contributed by atoms with Crippen LogP contribution >= 0.6 is 0 Å². The fourth-order valence-corrected chi connectivity index (χ4v) is 2.98. The molecule has 22 heavy (non-hydrogen) atoms. The first kappa shape index (κ1) is 14.9. The molecule has 1 aliphatic rings. The van der Waals surface area contributed by atoms with E-state index in [-0.39, 0.29) is 11.9 Å². The van der Waals surface area contributed by atoms with Crippen LogP contribution in [-0.2, 0) is 6.42 Å². The van der Waals surface area contributed by atoms with Gasteiger partial charge in [-0.25, -0.2) is 14.4 Å². The van der Waals surface area contributed by atoms with Gasteiger partial charge in [-0.15, -0.1) is 0 Å². The molecule has 0 amide bonds. The van der Waals surface area contributed by atoms with Crippen molar-refractivity contribution in [3.8, 4) is 0 Å². The minimum Gasteiger partial charge on any atom is -0.344 e. The van der Waals surface area contributed by atoms with E-state index in [0.717, 1.165) is 19.6 Å². The number of likely N-dealkylation sites (N-methyl/N-ethyl adjacent to an activating group) is 1. The first-order valence-electron chi connectivity index (χ1n) is 7.70. The van der Waals surface area contributed by atoms with Crippen molar-refractivity contribution < 1.29 is 4.39 Å². The summed E-state index contributed by atoms with van der Waals surface area (Å²) in [4.78, 5) is 12.6. The number of hydrogen-bond donors (Lipinski definition) is 0. The molecule has 2 aromatic rings. The lowest BCUT2D eigenvalue weighted by molar-refractivity contribution is 0.266. The molecule has 1 aromatic heterocycles. The lowest BCUT2D eigenvalue weighted by Crippen LogP contribution is -2.47. The Morgan fingerprint density at radius 3 is 2.68 bits per heavy atom. The van der Waals surface area contributed by atoms with Gasteiger partial charge in [0.25, 0.3) is 0 Å². The highest BCUT2D eigenvalue weighted by atomic mass is 19.1. The number of nitrogens with zero attached hydrogens (tertiary/aromatic N) is 4. The van der Waals surface area contributed by atoms with Gasteiger partial charge in [0.05, 0.1) is 11.7 Å². The molecule has 0 saturated carbocycles. The van der Waals surface area contributed by atoms with Crippen LogP contribution < -0.4 is 4.90 Å². The molecule has 5 heteroatoms. The summed E-state index contributed by atoms with van der Waals surface area (Å²) in [5, 5.41) is 0. The number of hydrogen-bond acceptors (Lipinski definition) is 4. The first-order chi connectivity index (χ1) is 10.7. The molecule has 3 rings (SSSR count). The minimum absolute atomic E-state index is 0.106. The molecular formula is C17H21FN4. The number of piperazine rings is 1. The summed E-state index contributed by atoms with van der Waals surface area (Å²) in [6.07, 6.45) is 2.04. The molecule has 0 radical (unpaired) electrons. The molecule has 0 spiro atoms. The van der Waals surface area contributed by atoms with Crippen molar-refractivity contribution in [3.63, 3.8) is 0 Å². The van der Waals surface area contributed by atoms with Crippen LogP contribution in [0.3, 0.4) is 0 Å². The Kier molecular flexibility index (Phi) is 4.34. The zero-order valence-corrected chi connectivity index (χ0v) is 13.0. The van der Waals surface area contributed by atoms with E-state index in [2.05, 4.69) is 38.9 Å². The van der Waals surface area contributed by atoms with Gasteiger partial charge in [0.2, 0.25) is 0 Å². The van der Waals surface area contributed by atoms with Crippen molar-refractivity contribution in [1.82, 2.24) is 14.9 Å². The van der Waals surface area contributed by atoms with Gasteiger partial charge in [-0.1, -0.05) is 37.3 Å². The van der Waals surface area contributed by atoms with Crippen molar-refractivity contribution >= 4 is 5.82 Å². The molecule has 0 bridgehead atoms. The van der Waals surface area contributed by atoms with Gasteiger partial charge in [0.15, 0.2) is 11.6 Å². The molecule has 0 N–H and O–H groups in total. The highest BCUT2D eigenvalue weighted by Crippen LogP contribution is 2.31. The highest BCUT2D eigenvalue weighted by Gasteiger charge is 2.30. The van der Waals surface area contributed by atoms with Crippen LogP contribution in [0.4, 0.5) is 10.2 Å². The SMILES string of the molecule is CCc1ncnc(N2CCN(C)CC2c2ccccc2)c1F. The number of aryl methyl sites for hydroxylation is 1. The fraction of sp³-hybridized carbons (Fsp3) is 0.412. The third-order valence-corrected chi connectivity index (χ3v) is 4.22. The average Bonchev–Trinajstić information content (AvgIpc) is 2.56. The van der Waals surface area contributed by atoms with Gasteiger partial charge in [-0.3, -0.25) is 0 Å². The van der Waals surface area contributed by atoms with E-state index >= 15 is 0 Å². The number of anilines is 1. The predicted molar refractivity (Wildman–Crippen MR) is 85.4 cm³/mol. The van der Waals surface area contributed by atoms with Crippen molar-refractivity contribution in [1.29, 1.82) is 0 Å². The van der Waals surface area contributed by atoms with Crippen molar-refractivity contribution in [2.75, 3.05) is 31.6 Å². The zero-order chi connectivity index (χ0) is 15.5. The fourth-order valence-electron chi connectivity index (χ4n) is 2.98. The van der Waals surface area contributed by atoms with Gasteiger partial charge >= 0.3 is 0 Å². The topological polar surface area (TPSA) is 32.3 Å². The molecule has 4 nitrogen and oxygen atoms in total. The summed E-state index contributed by atoms with van der Waals surface area (Å²) in [5.41, 5.74) is 1.67. The summed E-state index contributed by atoms with van der Waals surface area (Å²) in [6, 6.07) is 10.3. The lowest BCUT2D eigenvalue weighted by Gasteiger charge is -2.41. The third-order valence-electron chi connectivity index (χ3n) is 4.22. The van der Waals surface area contributed by atoms with E-state index in [4.69, 9.17) is 0 Å². The molecule has 1 fully saturated rings. The van der Waals surface area contributed by atoms with Crippen LogP contribution in [0.2, 0.25) is 0 Å². The van der Waals surface area contributed by atoms with Crippen molar-refractivity contribution in [3.05, 3.63) is 53.7 Å². The van der Waals surface area contributed by atoms with Gasteiger partial charge in [-0.2, -0.15) is 0 Å². The number of halogens is 1. The molecule has 1 saturated heterocycles. The van der Waals surface area contributed by atoms with E-state index in [1.165, 1.54) is 11.9 Å². The van der Waals surface area contributed by atoms with Crippen LogP contribution in [0.25, 0.3) is 0 Å². The molecule has 1 unspecified atom stereocenters. The Labute approximate surface area is 130 Å². The first-order valence-corrected chi connectivity index (χ1v) is 7.70. The second-order valence-electron chi connectivity index (χ2n) is 5.69. The van der Waals surface area contributed by atoms with Crippen LogP contribution in [0.15, 0.2) is 36.7 Å². The largest absolute Gasteiger partial charge is 0.344 e. The van der Waals surface area contributed by atoms with Gasteiger partial charge in [0.1, 0.15) is 6.33 Å². The summed E-state index contributed by atoms with van der Waals surface area (Å²) in [6.45, 7) is 4.42. The summed E-state index contributed by atoms with van der Waals surface area (Å²) < 4.78 is 14.7. The van der Waals surface area contributed by atoms with E-state index in [1.807, 2.05) is 25.1 Å². The number of rotatable bonds is 3. The van der Waals surface area contributed by atoms with Crippen LogP contribution in [0.5, 0.6) is 0 Å². The predicted octanol–water partition coefficient (Wildman–Crippen LogP) is 2.67. The van der Waals surface area contributed by atoms with Crippen molar-refractivity contribution in [2.24, 2.45) is 0 Å². The minimum atomic E-state index is -0.282. The maximum absolute atomic E-state index is 14.7. The molecular weight excluding hydrogens is 279 g/mol. The zero-order valence-electron chi connectivity index (χ0n) is 13.0. The van der Waals surface area contributed by atoms with Gasteiger partial charge < -0.3 is 9.80 Å². The Morgan fingerprint density at radius 1 is 1.18 bits per heavy atom. The van der Waals surface area contributed by atoms with E-state index in [1.54, 1.807) is 0 Å². The van der Waals surface area contributed by atoms with Crippen LogP contribution in [0, 0.1) is 5.82 Å². The Bertz CT molecular complexity index is 632. The summed E-state index contributed by atoms with van der Waals surface area (Å²) in [5.74, 6) is 0.143. The molecule has 2 heterocycles. The normalized spacial score (nSPS) is 19.4. The van der Waals surface area contributed by atoms with Gasteiger partial charge in [0, 0.05) is 19.6 Å². The number of benzene rings is 1. The Hall–Kier alpha value is -2.01. The lowest BCUT2D eigenvalue weighted by atomic mass is 10.0. The molecule has 0 aliphatic carbocycles. The maximum atomic E-state index is 14.7. The van der Waals surface area contributed by atoms with Gasteiger partial charge in [-0.05, 0) is 19.0 Å². The molecule has 1 atom stereocenters. The Balaban J connectivity index is 2.00. The molecule has 116 valence electrons. The van der Waals surface area contributed by atoms with E-state index < -0.39 is 0 Å². The van der Waals surface area contributed by atoms with Crippen LogP contribution in [-0.4, -0.2) is 41.5 Å². The standard InChI is InChI=1S/C17H21FN4/c1-3-14-16(18)17(20-12-19-14)22-10-9-21(2)11-15(22)13-7-5-4-6-8-13/h4-8,12,15H,3,9-11H2,1-2H3.